The van der Waals surface area contributed by atoms with E-state index >= 15 is 0 Å². The summed E-state index contributed by atoms with van der Waals surface area (Å²) >= 11 is 0. The molecule has 174 valence electrons. The van der Waals surface area contributed by atoms with E-state index < -0.39 is 0 Å². The van der Waals surface area contributed by atoms with Gasteiger partial charge in [-0.1, -0.05) is 37.3 Å². The maximum absolute atomic E-state index is 12.8. The highest BCUT2D eigenvalue weighted by atomic mass is 16.5. The Morgan fingerprint density at radius 2 is 1.88 bits per heavy atom. The molecule has 1 aliphatic heterocycles. The fourth-order valence-corrected chi connectivity index (χ4v) is 4.08. The van der Waals surface area contributed by atoms with Gasteiger partial charge in [-0.25, -0.2) is 4.68 Å². The number of nitrogens with zero attached hydrogens (tertiary/aromatic N) is 3. The summed E-state index contributed by atoms with van der Waals surface area (Å²) < 4.78 is 19.5. The van der Waals surface area contributed by atoms with Crippen LogP contribution in [0.15, 0.2) is 54.6 Å². The summed E-state index contributed by atoms with van der Waals surface area (Å²) in [6.45, 7) is 5.56. The second-order valence-electron chi connectivity index (χ2n) is 8.13. The fourth-order valence-electron chi connectivity index (χ4n) is 4.08. The molecule has 1 fully saturated rings. The van der Waals surface area contributed by atoms with E-state index in [1.165, 1.54) is 0 Å². The molecule has 0 saturated carbocycles. The topological polar surface area (TPSA) is 65.8 Å². The third-order valence-electron chi connectivity index (χ3n) is 5.87. The monoisotopic (exact) mass is 449 g/mol. The van der Waals surface area contributed by atoms with Crippen molar-refractivity contribution in [2.75, 3.05) is 20.3 Å². The van der Waals surface area contributed by atoms with E-state index in [2.05, 4.69) is 0 Å². The van der Waals surface area contributed by atoms with Crippen molar-refractivity contribution in [3.8, 4) is 23.1 Å². The number of aryl methyl sites for hydroxylation is 1. The average molecular weight is 450 g/mol. The number of hydrogen-bond donors (Lipinski definition) is 0. The molecule has 0 radical (unpaired) electrons. The number of rotatable bonds is 9. The van der Waals surface area contributed by atoms with Gasteiger partial charge in [-0.15, -0.1) is 0 Å². The first kappa shape index (κ1) is 22.9. The van der Waals surface area contributed by atoms with Crippen LogP contribution in [0, 0.1) is 6.92 Å². The van der Waals surface area contributed by atoms with E-state index in [1.54, 1.807) is 11.8 Å². The first-order valence-corrected chi connectivity index (χ1v) is 11.4. The predicted molar refractivity (Wildman–Crippen MR) is 126 cm³/mol. The van der Waals surface area contributed by atoms with Crippen LogP contribution in [0.25, 0.3) is 5.69 Å². The highest BCUT2D eigenvalue weighted by Crippen LogP contribution is 2.36. The third-order valence-corrected chi connectivity index (χ3v) is 5.87. The zero-order valence-electron chi connectivity index (χ0n) is 19.5. The van der Waals surface area contributed by atoms with Gasteiger partial charge in [-0.05, 0) is 44.0 Å². The molecule has 3 aromatic rings. The molecule has 1 atom stereocenters. The summed E-state index contributed by atoms with van der Waals surface area (Å²) in [5.74, 6) is 1.87. The van der Waals surface area contributed by atoms with E-state index in [0.717, 1.165) is 36.4 Å². The van der Waals surface area contributed by atoms with Gasteiger partial charge in [0.25, 0.3) is 0 Å². The molecule has 33 heavy (non-hydrogen) atoms. The number of methoxy groups -OCH3 is 1. The lowest BCUT2D eigenvalue weighted by molar-refractivity contribution is -0.133. The molecular formula is C26H31N3O4. The zero-order valence-corrected chi connectivity index (χ0v) is 19.5. The molecule has 0 unspecified atom stereocenters. The Kier molecular flexibility index (Phi) is 7.29. The van der Waals surface area contributed by atoms with Crippen molar-refractivity contribution in [3.63, 3.8) is 0 Å². The third kappa shape index (κ3) is 5.20. The van der Waals surface area contributed by atoms with Gasteiger partial charge in [-0.2, -0.15) is 5.10 Å². The Labute approximate surface area is 194 Å². The molecule has 0 N–H and O–H groups in total. The van der Waals surface area contributed by atoms with Crippen molar-refractivity contribution in [3.05, 3.63) is 65.9 Å². The molecule has 0 bridgehead atoms. The standard InChI is InChI=1S/C26H31N3O4/c1-4-25(30)28(17-21-13-10-16-32-21)18-22-19(2)27-29(20-11-6-5-7-12-20)26(22)33-24-15-9-8-14-23(24)31-3/h5-9,11-12,14-15,21H,4,10,13,16-18H2,1-3H3/t21-/m0/s1. The molecule has 2 heterocycles. The van der Waals surface area contributed by atoms with Crippen molar-refractivity contribution in [2.45, 2.75) is 45.8 Å². The second-order valence-corrected chi connectivity index (χ2v) is 8.13. The fraction of sp³-hybridized carbons (Fsp3) is 0.385. The van der Waals surface area contributed by atoms with Crippen LogP contribution in [0.1, 0.15) is 37.4 Å². The lowest BCUT2D eigenvalue weighted by Gasteiger charge is -2.25. The zero-order chi connectivity index (χ0) is 23.2. The van der Waals surface area contributed by atoms with Gasteiger partial charge in [0.2, 0.25) is 11.8 Å². The van der Waals surface area contributed by atoms with Gasteiger partial charge in [0.05, 0.1) is 36.7 Å². The second kappa shape index (κ2) is 10.5. The minimum absolute atomic E-state index is 0.0727. The van der Waals surface area contributed by atoms with Gasteiger partial charge >= 0.3 is 0 Å². The van der Waals surface area contributed by atoms with Crippen LogP contribution in [-0.2, 0) is 16.1 Å². The maximum atomic E-state index is 12.8. The molecule has 1 saturated heterocycles. The van der Waals surface area contributed by atoms with Crippen LogP contribution >= 0.6 is 0 Å². The molecule has 1 amide bonds. The van der Waals surface area contributed by atoms with Crippen LogP contribution in [-0.4, -0.2) is 47.0 Å². The predicted octanol–water partition coefficient (Wildman–Crippen LogP) is 4.90. The van der Waals surface area contributed by atoms with E-state index in [0.29, 0.717) is 36.9 Å². The molecule has 7 nitrogen and oxygen atoms in total. The number of para-hydroxylation sites is 3. The summed E-state index contributed by atoms with van der Waals surface area (Å²) in [6.07, 6.45) is 2.51. The smallest absolute Gasteiger partial charge is 0.228 e. The molecule has 7 heteroatoms. The van der Waals surface area contributed by atoms with Gasteiger partial charge in [0.15, 0.2) is 11.5 Å². The van der Waals surface area contributed by atoms with Crippen LogP contribution in [0.3, 0.4) is 0 Å². The number of carbonyl (C=O) groups excluding carboxylic acids is 1. The molecule has 1 aromatic heterocycles. The largest absolute Gasteiger partial charge is 0.493 e. The van der Waals surface area contributed by atoms with Gasteiger partial charge in [0, 0.05) is 19.6 Å². The minimum atomic E-state index is 0.0727. The average Bonchev–Trinajstić information content (AvgIpc) is 3.47. The number of hydrogen-bond acceptors (Lipinski definition) is 5. The SMILES string of the molecule is CCC(=O)N(Cc1c(C)nn(-c2ccccc2)c1Oc1ccccc1OC)C[C@@H]1CCCO1. The number of amides is 1. The summed E-state index contributed by atoms with van der Waals surface area (Å²) in [7, 11) is 1.62. The van der Waals surface area contributed by atoms with Crippen molar-refractivity contribution in [1.29, 1.82) is 0 Å². The first-order valence-electron chi connectivity index (χ1n) is 11.4. The number of aromatic nitrogens is 2. The summed E-state index contributed by atoms with van der Waals surface area (Å²) in [6, 6.07) is 17.4. The Morgan fingerprint density at radius 1 is 1.15 bits per heavy atom. The molecular weight excluding hydrogens is 418 g/mol. The van der Waals surface area contributed by atoms with Crippen LogP contribution in [0.2, 0.25) is 0 Å². The minimum Gasteiger partial charge on any atom is -0.493 e. The summed E-state index contributed by atoms with van der Waals surface area (Å²) in [5, 5.41) is 4.78. The number of carbonyl (C=O) groups is 1. The van der Waals surface area contributed by atoms with E-state index in [4.69, 9.17) is 19.3 Å². The van der Waals surface area contributed by atoms with Crippen LogP contribution < -0.4 is 9.47 Å². The van der Waals surface area contributed by atoms with Crippen molar-refractivity contribution >= 4 is 5.91 Å². The lowest BCUT2D eigenvalue weighted by atomic mass is 10.1. The molecule has 0 spiro atoms. The molecule has 1 aliphatic rings. The van der Waals surface area contributed by atoms with Crippen molar-refractivity contribution < 1.29 is 19.0 Å². The Balaban J connectivity index is 1.74. The van der Waals surface area contributed by atoms with Crippen molar-refractivity contribution in [1.82, 2.24) is 14.7 Å². The molecule has 4 rings (SSSR count). The Hall–Kier alpha value is -3.32. The summed E-state index contributed by atoms with van der Waals surface area (Å²) in [5.41, 5.74) is 2.55. The number of ether oxygens (including phenoxy) is 3. The number of benzene rings is 2. The maximum Gasteiger partial charge on any atom is 0.228 e. The normalized spacial score (nSPS) is 15.4. The van der Waals surface area contributed by atoms with Gasteiger partial charge < -0.3 is 19.1 Å². The summed E-state index contributed by atoms with van der Waals surface area (Å²) in [4.78, 5) is 14.7. The van der Waals surface area contributed by atoms with Crippen molar-refractivity contribution in [2.24, 2.45) is 0 Å². The van der Waals surface area contributed by atoms with E-state index in [9.17, 15) is 4.79 Å². The highest BCUT2D eigenvalue weighted by molar-refractivity contribution is 5.76. The first-order chi connectivity index (χ1) is 16.1. The van der Waals surface area contributed by atoms with Gasteiger partial charge in [-0.3, -0.25) is 4.79 Å². The van der Waals surface area contributed by atoms with Crippen LogP contribution in [0.4, 0.5) is 0 Å². The lowest BCUT2D eigenvalue weighted by Crippen LogP contribution is -2.36. The van der Waals surface area contributed by atoms with E-state index in [1.807, 2.05) is 73.3 Å². The highest BCUT2D eigenvalue weighted by Gasteiger charge is 2.27. The van der Waals surface area contributed by atoms with Crippen LogP contribution in [0.5, 0.6) is 17.4 Å². The van der Waals surface area contributed by atoms with E-state index in [-0.39, 0.29) is 12.0 Å². The Bertz CT molecular complexity index is 1070. The Morgan fingerprint density at radius 3 is 2.55 bits per heavy atom. The van der Waals surface area contributed by atoms with Gasteiger partial charge in [0.1, 0.15) is 0 Å². The quantitative estimate of drug-likeness (QED) is 0.465. The molecule has 2 aromatic carbocycles. The molecule has 0 aliphatic carbocycles.